The maximum atomic E-state index is 11.9. The molecule has 2 N–H and O–H groups in total. The van der Waals surface area contributed by atoms with Gasteiger partial charge in [0.2, 0.25) is 5.91 Å². The fourth-order valence-electron chi connectivity index (χ4n) is 1.94. The highest BCUT2D eigenvalue weighted by molar-refractivity contribution is 6.74. The van der Waals surface area contributed by atoms with Gasteiger partial charge in [0.05, 0.1) is 12.5 Å². The molecular weight excluding hydrogens is 244 g/mol. The fourth-order valence-corrected chi connectivity index (χ4v) is 3.32. The molecule has 0 aromatic rings. The van der Waals surface area contributed by atoms with E-state index in [2.05, 4.69) is 33.9 Å². The molecule has 1 saturated heterocycles. The summed E-state index contributed by atoms with van der Waals surface area (Å²) in [6, 6.07) is 0. The monoisotopic (exact) mass is 272 g/mol. The van der Waals surface area contributed by atoms with Crippen molar-refractivity contribution in [1.82, 2.24) is 4.90 Å². The lowest BCUT2D eigenvalue weighted by Crippen LogP contribution is -2.49. The predicted molar refractivity (Wildman–Crippen MR) is 76.9 cm³/mol. The number of hydrogen-bond acceptors (Lipinski definition) is 3. The number of piperidine rings is 1. The number of carbonyl (C=O) groups is 1. The summed E-state index contributed by atoms with van der Waals surface area (Å²) in [6.07, 6.45) is 1.57. The molecule has 5 heteroatoms. The van der Waals surface area contributed by atoms with Crippen LogP contribution in [0.4, 0.5) is 0 Å². The Labute approximate surface area is 112 Å². The van der Waals surface area contributed by atoms with Crippen LogP contribution in [-0.4, -0.2) is 44.9 Å². The molecule has 0 aromatic carbocycles. The number of likely N-dealkylation sites (tertiary alicyclic amines) is 1. The van der Waals surface area contributed by atoms with Crippen molar-refractivity contribution in [2.24, 2.45) is 5.73 Å². The molecule has 4 nitrogen and oxygen atoms in total. The fraction of sp³-hybridized carbons (Fsp3) is 0.923. The Morgan fingerprint density at radius 2 is 2.06 bits per heavy atom. The minimum Gasteiger partial charge on any atom is -0.413 e. The second-order valence-electron chi connectivity index (χ2n) is 6.66. The minimum absolute atomic E-state index is 0.104. The van der Waals surface area contributed by atoms with Gasteiger partial charge in [0, 0.05) is 19.6 Å². The van der Waals surface area contributed by atoms with E-state index in [0.29, 0.717) is 19.5 Å². The van der Waals surface area contributed by atoms with Crippen LogP contribution >= 0.6 is 0 Å². The molecule has 1 rings (SSSR count). The van der Waals surface area contributed by atoms with Crippen LogP contribution in [0, 0.1) is 0 Å². The number of carbonyl (C=O) groups excluding carboxylic acids is 1. The summed E-state index contributed by atoms with van der Waals surface area (Å²) in [5, 5.41) is 0.199. The molecule has 1 heterocycles. The van der Waals surface area contributed by atoms with Gasteiger partial charge in [0.1, 0.15) is 0 Å². The van der Waals surface area contributed by atoms with Gasteiger partial charge in [-0.25, -0.2) is 0 Å². The van der Waals surface area contributed by atoms with E-state index in [0.717, 1.165) is 13.0 Å². The summed E-state index contributed by atoms with van der Waals surface area (Å²) in [6.45, 7) is 13.2. The van der Waals surface area contributed by atoms with Gasteiger partial charge in [-0.15, -0.1) is 0 Å². The zero-order valence-corrected chi connectivity index (χ0v) is 13.5. The van der Waals surface area contributed by atoms with Crippen molar-refractivity contribution in [2.45, 2.75) is 57.8 Å². The van der Waals surface area contributed by atoms with Crippen LogP contribution in [0.3, 0.4) is 0 Å². The second kappa shape index (κ2) is 5.71. The molecule has 0 unspecified atom stereocenters. The van der Waals surface area contributed by atoms with Crippen molar-refractivity contribution >= 4 is 14.2 Å². The quantitative estimate of drug-likeness (QED) is 0.796. The first-order valence-electron chi connectivity index (χ1n) is 6.83. The maximum absolute atomic E-state index is 11.9. The van der Waals surface area contributed by atoms with Gasteiger partial charge in [-0.2, -0.15) is 0 Å². The topological polar surface area (TPSA) is 55.6 Å². The summed E-state index contributed by atoms with van der Waals surface area (Å²) >= 11 is 0. The van der Waals surface area contributed by atoms with E-state index < -0.39 is 8.32 Å². The minimum atomic E-state index is -1.76. The van der Waals surface area contributed by atoms with E-state index in [1.165, 1.54) is 0 Å². The molecule has 1 aliphatic rings. The smallest absolute Gasteiger partial charge is 0.225 e. The van der Waals surface area contributed by atoms with E-state index >= 15 is 0 Å². The Kier molecular flexibility index (Phi) is 4.97. The standard InChI is InChI=1S/C13H28N2O2Si/c1-13(2,3)18(4,5)17-11-6-8-15(9-7-14)12(16)10-11/h11H,6-10,14H2,1-5H3/t11-/m1/s1. The molecule has 0 saturated carbocycles. The van der Waals surface area contributed by atoms with Gasteiger partial charge in [-0.05, 0) is 24.6 Å². The van der Waals surface area contributed by atoms with Crippen LogP contribution in [0.15, 0.2) is 0 Å². The number of amides is 1. The normalized spacial score (nSPS) is 22.4. The molecule has 18 heavy (non-hydrogen) atoms. The highest BCUT2D eigenvalue weighted by atomic mass is 28.4. The first-order valence-corrected chi connectivity index (χ1v) is 9.74. The van der Waals surface area contributed by atoms with E-state index in [1.54, 1.807) is 0 Å². The lowest BCUT2D eigenvalue weighted by Gasteiger charge is -2.41. The SMILES string of the molecule is CC(C)(C)[Si](C)(C)O[C@@H]1CCN(CCN)C(=O)C1. The van der Waals surface area contributed by atoms with Gasteiger partial charge >= 0.3 is 0 Å². The Morgan fingerprint density at radius 1 is 1.44 bits per heavy atom. The van der Waals surface area contributed by atoms with Crippen molar-refractivity contribution in [3.05, 3.63) is 0 Å². The van der Waals surface area contributed by atoms with Crippen molar-refractivity contribution in [3.63, 3.8) is 0 Å². The largest absolute Gasteiger partial charge is 0.413 e. The van der Waals surface area contributed by atoms with Crippen LogP contribution in [0.2, 0.25) is 18.1 Å². The Hall–Kier alpha value is -0.393. The van der Waals surface area contributed by atoms with Gasteiger partial charge in [-0.1, -0.05) is 20.8 Å². The molecule has 106 valence electrons. The van der Waals surface area contributed by atoms with E-state index in [9.17, 15) is 4.79 Å². The van der Waals surface area contributed by atoms with Crippen LogP contribution in [0.5, 0.6) is 0 Å². The van der Waals surface area contributed by atoms with Crippen LogP contribution < -0.4 is 5.73 Å². The van der Waals surface area contributed by atoms with Gasteiger partial charge in [0.15, 0.2) is 8.32 Å². The van der Waals surface area contributed by atoms with Crippen molar-refractivity contribution in [3.8, 4) is 0 Å². The number of hydrogen-bond donors (Lipinski definition) is 1. The summed E-state index contributed by atoms with van der Waals surface area (Å²) in [7, 11) is -1.76. The number of nitrogens with zero attached hydrogens (tertiary/aromatic N) is 1. The molecule has 1 amide bonds. The summed E-state index contributed by atoms with van der Waals surface area (Å²) in [5.41, 5.74) is 5.50. The molecule has 1 aliphatic heterocycles. The summed E-state index contributed by atoms with van der Waals surface area (Å²) in [5.74, 6) is 0.190. The van der Waals surface area contributed by atoms with Crippen molar-refractivity contribution < 1.29 is 9.22 Å². The lowest BCUT2D eigenvalue weighted by atomic mass is 10.1. The zero-order chi connectivity index (χ0) is 14.0. The summed E-state index contributed by atoms with van der Waals surface area (Å²) in [4.78, 5) is 13.8. The maximum Gasteiger partial charge on any atom is 0.225 e. The number of nitrogens with two attached hydrogens (primary N) is 1. The third kappa shape index (κ3) is 3.80. The van der Waals surface area contributed by atoms with E-state index in [-0.39, 0.29) is 17.0 Å². The van der Waals surface area contributed by atoms with Gasteiger partial charge in [0.25, 0.3) is 0 Å². The molecular formula is C13H28N2O2Si. The molecule has 0 spiro atoms. The third-order valence-corrected chi connectivity index (χ3v) is 8.68. The third-order valence-electron chi connectivity index (χ3n) is 4.14. The number of rotatable bonds is 4. The molecule has 1 atom stereocenters. The first kappa shape index (κ1) is 15.7. The molecule has 1 fully saturated rings. The van der Waals surface area contributed by atoms with Gasteiger partial charge in [-0.3, -0.25) is 4.79 Å². The molecule has 0 bridgehead atoms. The molecule has 0 aromatic heterocycles. The van der Waals surface area contributed by atoms with E-state index in [4.69, 9.17) is 10.2 Å². The second-order valence-corrected chi connectivity index (χ2v) is 11.4. The van der Waals surface area contributed by atoms with Crippen LogP contribution in [-0.2, 0) is 9.22 Å². The van der Waals surface area contributed by atoms with Crippen molar-refractivity contribution in [1.29, 1.82) is 0 Å². The Balaban J connectivity index is 2.55. The van der Waals surface area contributed by atoms with Crippen LogP contribution in [0.25, 0.3) is 0 Å². The lowest BCUT2D eigenvalue weighted by molar-refractivity contribution is -0.136. The average molecular weight is 272 g/mol. The summed E-state index contributed by atoms with van der Waals surface area (Å²) < 4.78 is 6.30. The Bertz CT molecular complexity index is 300. The van der Waals surface area contributed by atoms with E-state index in [1.807, 2.05) is 4.90 Å². The highest BCUT2D eigenvalue weighted by Crippen LogP contribution is 2.38. The molecule has 0 aliphatic carbocycles. The zero-order valence-electron chi connectivity index (χ0n) is 12.5. The molecule has 0 radical (unpaired) electrons. The Morgan fingerprint density at radius 3 is 2.50 bits per heavy atom. The van der Waals surface area contributed by atoms with Crippen LogP contribution in [0.1, 0.15) is 33.6 Å². The predicted octanol–water partition coefficient (Wildman–Crippen LogP) is 1.96. The average Bonchev–Trinajstić information content (AvgIpc) is 2.20. The first-order chi connectivity index (χ1) is 8.17. The van der Waals surface area contributed by atoms with Crippen molar-refractivity contribution in [2.75, 3.05) is 19.6 Å². The van der Waals surface area contributed by atoms with Gasteiger partial charge < -0.3 is 15.1 Å². The highest BCUT2D eigenvalue weighted by Gasteiger charge is 2.40.